The van der Waals surface area contributed by atoms with Gasteiger partial charge in [-0.05, 0) is 24.6 Å². The highest BCUT2D eigenvalue weighted by Crippen LogP contribution is 2.29. The third kappa shape index (κ3) is 3.38. The molecule has 0 saturated heterocycles. The summed E-state index contributed by atoms with van der Waals surface area (Å²) in [6, 6.07) is 5.48. The Hall–Kier alpha value is -1.29. The molecule has 0 unspecified atom stereocenters. The van der Waals surface area contributed by atoms with Crippen molar-refractivity contribution < 1.29 is 13.9 Å². The summed E-state index contributed by atoms with van der Waals surface area (Å²) in [5.41, 5.74) is 6.74. The van der Waals surface area contributed by atoms with E-state index in [0.29, 0.717) is 24.5 Å². The molecular formula is C12H18FNO2. The van der Waals surface area contributed by atoms with Gasteiger partial charge in [0.05, 0.1) is 20.4 Å². The average molecular weight is 227 g/mol. The Bertz CT molecular complexity index is 329. The highest BCUT2D eigenvalue weighted by molar-refractivity contribution is 5.43. The quantitative estimate of drug-likeness (QED) is 0.759. The number of rotatable bonds is 6. The third-order valence-electron chi connectivity index (χ3n) is 2.25. The van der Waals surface area contributed by atoms with E-state index in [2.05, 4.69) is 0 Å². The first-order valence-electron chi connectivity index (χ1n) is 5.31. The van der Waals surface area contributed by atoms with E-state index in [1.54, 1.807) is 13.2 Å². The van der Waals surface area contributed by atoms with Gasteiger partial charge in [0, 0.05) is 12.5 Å². The van der Waals surface area contributed by atoms with Crippen molar-refractivity contribution in [3.8, 4) is 11.5 Å². The van der Waals surface area contributed by atoms with Crippen LogP contribution < -0.4 is 15.2 Å². The second-order valence-corrected chi connectivity index (χ2v) is 3.59. The fourth-order valence-corrected chi connectivity index (χ4v) is 1.32. The summed E-state index contributed by atoms with van der Waals surface area (Å²) < 4.78 is 22.5. The average Bonchev–Trinajstić information content (AvgIpc) is 2.29. The first kappa shape index (κ1) is 12.8. The van der Waals surface area contributed by atoms with E-state index in [-0.39, 0.29) is 12.7 Å². The van der Waals surface area contributed by atoms with Gasteiger partial charge in [0.1, 0.15) is 0 Å². The van der Waals surface area contributed by atoms with Gasteiger partial charge in [0.15, 0.2) is 11.5 Å². The molecule has 0 saturated carbocycles. The van der Waals surface area contributed by atoms with E-state index in [0.717, 1.165) is 5.56 Å². The number of alkyl halides is 1. The zero-order valence-electron chi connectivity index (χ0n) is 9.70. The molecule has 0 bridgehead atoms. The summed E-state index contributed by atoms with van der Waals surface area (Å²) in [6.07, 6.45) is 0.387. The monoisotopic (exact) mass is 227 g/mol. The molecule has 0 aromatic heterocycles. The molecule has 0 aliphatic rings. The molecule has 0 aliphatic heterocycles. The van der Waals surface area contributed by atoms with Crippen LogP contribution in [0.15, 0.2) is 18.2 Å². The topological polar surface area (TPSA) is 44.5 Å². The summed E-state index contributed by atoms with van der Waals surface area (Å²) in [5.74, 6) is 1.26. The maximum absolute atomic E-state index is 11.9. The van der Waals surface area contributed by atoms with E-state index in [9.17, 15) is 4.39 Å². The molecule has 0 fully saturated rings. The summed E-state index contributed by atoms with van der Waals surface area (Å²) >= 11 is 0. The van der Waals surface area contributed by atoms with Crippen LogP contribution in [0.3, 0.4) is 0 Å². The Kier molecular flexibility index (Phi) is 5.05. The number of hydrogen-bond acceptors (Lipinski definition) is 3. The van der Waals surface area contributed by atoms with Crippen LogP contribution in [-0.4, -0.2) is 20.4 Å². The highest BCUT2D eigenvalue weighted by Gasteiger charge is 2.07. The van der Waals surface area contributed by atoms with Crippen molar-refractivity contribution in [1.29, 1.82) is 0 Å². The highest BCUT2D eigenvalue weighted by atomic mass is 19.1. The van der Waals surface area contributed by atoms with Crippen LogP contribution in [-0.2, 0) is 0 Å². The van der Waals surface area contributed by atoms with Gasteiger partial charge in [-0.25, -0.2) is 0 Å². The van der Waals surface area contributed by atoms with Crippen molar-refractivity contribution >= 4 is 0 Å². The summed E-state index contributed by atoms with van der Waals surface area (Å²) in [6.45, 7) is 1.88. The first-order chi connectivity index (χ1) is 7.69. The van der Waals surface area contributed by atoms with Gasteiger partial charge >= 0.3 is 0 Å². The molecule has 3 nitrogen and oxygen atoms in total. The van der Waals surface area contributed by atoms with E-state index < -0.39 is 0 Å². The molecule has 1 aromatic carbocycles. The van der Waals surface area contributed by atoms with E-state index >= 15 is 0 Å². The molecule has 90 valence electrons. The van der Waals surface area contributed by atoms with Gasteiger partial charge in [-0.3, -0.25) is 4.39 Å². The second-order valence-electron chi connectivity index (χ2n) is 3.59. The molecule has 1 rings (SSSR count). The van der Waals surface area contributed by atoms with Crippen molar-refractivity contribution in [1.82, 2.24) is 0 Å². The van der Waals surface area contributed by atoms with E-state index in [1.165, 1.54) is 0 Å². The van der Waals surface area contributed by atoms with Gasteiger partial charge in [0.2, 0.25) is 0 Å². The minimum absolute atomic E-state index is 0.0474. The Morgan fingerprint density at radius 1 is 1.38 bits per heavy atom. The van der Waals surface area contributed by atoms with Crippen LogP contribution in [0, 0.1) is 0 Å². The normalized spacial score (nSPS) is 12.2. The lowest BCUT2D eigenvalue weighted by atomic mass is 10.1. The van der Waals surface area contributed by atoms with Crippen LogP contribution in [0.25, 0.3) is 0 Å². The van der Waals surface area contributed by atoms with Crippen LogP contribution in [0.2, 0.25) is 0 Å². The van der Waals surface area contributed by atoms with Crippen molar-refractivity contribution in [2.45, 2.75) is 19.4 Å². The maximum atomic E-state index is 11.9. The zero-order chi connectivity index (χ0) is 12.0. The lowest BCUT2D eigenvalue weighted by Gasteiger charge is -2.13. The van der Waals surface area contributed by atoms with Gasteiger partial charge < -0.3 is 15.2 Å². The zero-order valence-corrected chi connectivity index (χ0v) is 9.70. The SMILES string of the molecule is COc1cc([C@H](C)N)ccc1OCCCF. The number of ether oxygens (including phenoxy) is 2. The number of halogens is 1. The molecule has 1 atom stereocenters. The number of benzene rings is 1. The van der Waals surface area contributed by atoms with Crippen LogP contribution >= 0.6 is 0 Å². The van der Waals surface area contributed by atoms with Crippen LogP contribution in [0.4, 0.5) is 4.39 Å². The van der Waals surface area contributed by atoms with Gasteiger partial charge in [-0.2, -0.15) is 0 Å². The molecule has 2 N–H and O–H groups in total. The molecule has 0 radical (unpaired) electrons. The van der Waals surface area contributed by atoms with Gasteiger partial charge in [-0.1, -0.05) is 6.07 Å². The van der Waals surface area contributed by atoms with Crippen molar-refractivity contribution in [3.63, 3.8) is 0 Å². The minimum atomic E-state index is -0.375. The summed E-state index contributed by atoms with van der Waals surface area (Å²) in [5, 5.41) is 0. The number of hydrogen-bond donors (Lipinski definition) is 1. The third-order valence-corrected chi connectivity index (χ3v) is 2.25. The Morgan fingerprint density at radius 2 is 2.12 bits per heavy atom. The molecular weight excluding hydrogens is 209 g/mol. The lowest BCUT2D eigenvalue weighted by Crippen LogP contribution is -2.06. The fraction of sp³-hybridized carbons (Fsp3) is 0.500. The molecule has 0 heterocycles. The molecule has 4 heteroatoms. The molecule has 0 amide bonds. The Balaban J connectivity index is 2.76. The van der Waals surface area contributed by atoms with Crippen molar-refractivity contribution in [2.24, 2.45) is 5.73 Å². The minimum Gasteiger partial charge on any atom is -0.493 e. The maximum Gasteiger partial charge on any atom is 0.161 e. The molecule has 0 aliphatic carbocycles. The lowest BCUT2D eigenvalue weighted by molar-refractivity contribution is 0.273. The van der Waals surface area contributed by atoms with Crippen molar-refractivity contribution in [2.75, 3.05) is 20.4 Å². The van der Waals surface area contributed by atoms with E-state index in [4.69, 9.17) is 15.2 Å². The van der Waals surface area contributed by atoms with Crippen LogP contribution in [0.5, 0.6) is 11.5 Å². The standard InChI is InChI=1S/C12H18FNO2/c1-9(14)10-4-5-11(12(8-10)15-2)16-7-3-6-13/h4-5,8-9H,3,6-7,14H2,1-2H3/t9-/m0/s1. The number of methoxy groups -OCH3 is 1. The van der Waals surface area contributed by atoms with E-state index in [1.807, 2.05) is 19.1 Å². The Morgan fingerprint density at radius 3 is 2.69 bits per heavy atom. The summed E-state index contributed by atoms with van der Waals surface area (Å²) in [7, 11) is 1.57. The van der Waals surface area contributed by atoms with Crippen LogP contribution in [0.1, 0.15) is 24.9 Å². The molecule has 0 spiro atoms. The second kappa shape index (κ2) is 6.33. The fourth-order valence-electron chi connectivity index (χ4n) is 1.32. The predicted octanol–water partition coefficient (Wildman–Crippen LogP) is 2.45. The largest absolute Gasteiger partial charge is 0.493 e. The molecule has 16 heavy (non-hydrogen) atoms. The van der Waals surface area contributed by atoms with Gasteiger partial charge in [0.25, 0.3) is 0 Å². The Labute approximate surface area is 95.4 Å². The molecule has 1 aromatic rings. The van der Waals surface area contributed by atoms with Gasteiger partial charge in [-0.15, -0.1) is 0 Å². The predicted molar refractivity (Wildman–Crippen MR) is 61.7 cm³/mol. The first-order valence-corrected chi connectivity index (χ1v) is 5.31. The smallest absolute Gasteiger partial charge is 0.161 e. The number of nitrogens with two attached hydrogens (primary N) is 1. The van der Waals surface area contributed by atoms with Crippen molar-refractivity contribution in [3.05, 3.63) is 23.8 Å². The summed E-state index contributed by atoms with van der Waals surface area (Å²) in [4.78, 5) is 0.